The van der Waals surface area contributed by atoms with Crippen molar-refractivity contribution in [3.05, 3.63) is 30.3 Å². The standard InChI is InChI=1S/C8H11OP.C5H6F6.C5H12.C3H6O/c1-10(2,9)8-6-4-3-5-7-8;1-3(2,4(6,7)8)5(9,10)11;1-5(2,3)4;1-3(2)4/h3-7H,1-2H3;1-2H3;1-4H3;1-2H3. The highest BCUT2D eigenvalue weighted by molar-refractivity contribution is 7.70. The van der Waals surface area contributed by atoms with E-state index in [0.29, 0.717) is 5.41 Å². The number of halogens is 6. The predicted molar refractivity (Wildman–Crippen MR) is 113 cm³/mol. The number of Topliss-reactive ketones (excluding diaryl/α,β-unsaturated/α-hetero) is 1. The van der Waals surface area contributed by atoms with Crippen LogP contribution in [-0.4, -0.2) is 31.5 Å². The van der Waals surface area contributed by atoms with Crippen LogP contribution in [0, 0.1) is 10.8 Å². The Morgan fingerprint density at radius 2 is 0.967 bits per heavy atom. The summed E-state index contributed by atoms with van der Waals surface area (Å²) in [6, 6.07) is 9.56. The van der Waals surface area contributed by atoms with Crippen molar-refractivity contribution < 1.29 is 35.7 Å². The summed E-state index contributed by atoms with van der Waals surface area (Å²) in [6.07, 6.45) is -10.5. The molecule has 0 bridgehead atoms. The molecule has 1 aromatic carbocycles. The molecule has 0 heterocycles. The molecule has 0 radical (unpaired) electrons. The van der Waals surface area contributed by atoms with Crippen LogP contribution in [0.25, 0.3) is 0 Å². The van der Waals surface area contributed by atoms with Crippen LogP contribution >= 0.6 is 7.14 Å². The molecule has 0 aliphatic heterocycles. The Kier molecular flexibility index (Phi) is 13.9. The smallest absolute Gasteiger partial charge is 0.319 e. The maximum atomic E-state index is 11.6. The number of hydrogen-bond donors (Lipinski definition) is 0. The topological polar surface area (TPSA) is 34.1 Å². The molecular formula is C21H35F6O2P. The Hall–Kier alpha value is -1.30. The number of ketones is 1. The number of alkyl halides is 6. The summed E-state index contributed by atoms with van der Waals surface area (Å²) in [6.45, 7) is 15.6. The molecule has 0 aromatic heterocycles. The average molecular weight is 464 g/mol. The quantitative estimate of drug-likeness (QED) is 0.315. The molecule has 1 aromatic rings. The van der Waals surface area contributed by atoms with E-state index in [4.69, 9.17) is 0 Å². The summed E-state index contributed by atoms with van der Waals surface area (Å²) < 4.78 is 81.1. The van der Waals surface area contributed by atoms with Crippen molar-refractivity contribution in [2.45, 2.75) is 67.7 Å². The van der Waals surface area contributed by atoms with E-state index >= 15 is 0 Å². The first kappa shape index (κ1) is 33.3. The van der Waals surface area contributed by atoms with Crippen molar-refractivity contribution >= 4 is 18.2 Å². The molecule has 178 valence electrons. The number of rotatable bonds is 1. The highest BCUT2D eigenvalue weighted by Gasteiger charge is 2.64. The van der Waals surface area contributed by atoms with Crippen molar-refractivity contribution in [1.82, 2.24) is 0 Å². The van der Waals surface area contributed by atoms with Gasteiger partial charge >= 0.3 is 12.4 Å². The van der Waals surface area contributed by atoms with E-state index in [1.54, 1.807) is 13.3 Å². The SMILES string of the molecule is CC(C)(C(F)(F)F)C(F)(F)F.CC(C)(C)C.CC(C)=O.CP(C)(=O)c1ccccc1. The van der Waals surface area contributed by atoms with E-state index < -0.39 is 24.9 Å². The second-order valence-corrected chi connectivity index (χ2v) is 12.4. The number of carbonyl (C=O) groups is 1. The first-order valence-corrected chi connectivity index (χ1v) is 11.7. The lowest BCUT2D eigenvalue weighted by Gasteiger charge is -2.29. The minimum Gasteiger partial charge on any atom is -0.319 e. The third-order valence-electron chi connectivity index (χ3n) is 2.80. The predicted octanol–water partition coefficient (Wildman–Crippen LogP) is 7.72. The van der Waals surface area contributed by atoms with Gasteiger partial charge < -0.3 is 9.36 Å². The van der Waals surface area contributed by atoms with Gasteiger partial charge in [-0.25, -0.2) is 0 Å². The van der Waals surface area contributed by atoms with Crippen LogP contribution in [0.4, 0.5) is 26.3 Å². The molecule has 0 saturated carbocycles. The first-order valence-electron chi connectivity index (χ1n) is 9.05. The minimum absolute atomic E-state index is 0.104. The number of benzene rings is 1. The van der Waals surface area contributed by atoms with Gasteiger partial charge in [0.15, 0.2) is 5.41 Å². The van der Waals surface area contributed by atoms with Gasteiger partial charge in [-0.1, -0.05) is 58.0 Å². The lowest BCUT2D eigenvalue weighted by molar-refractivity contribution is -0.327. The zero-order chi connectivity index (χ0) is 25.2. The van der Waals surface area contributed by atoms with E-state index in [-0.39, 0.29) is 19.6 Å². The van der Waals surface area contributed by atoms with Gasteiger partial charge in [0.25, 0.3) is 0 Å². The molecule has 2 nitrogen and oxygen atoms in total. The van der Waals surface area contributed by atoms with Gasteiger partial charge in [0.1, 0.15) is 12.9 Å². The van der Waals surface area contributed by atoms with Crippen LogP contribution in [0.3, 0.4) is 0 Å². The fourth-order valence-corrected chi connectivity index (χ4v) is 1.84. The molecule has 30 heavy (non-hydrogen) atoms. The van der Waals surface area contributed by atoms with Crippen molar-refractivity contribution in [3.63, 3.8) is 0 Å². The van der Waals surface area contributed by atoms with Gasteiger partial charge in [-0.15, -0.1) is 0 Å². The van der Waals surface area contributed by atoms with Crippen LogP contribution in [0.2, 0.25) is 0 Å². The molecule has 0 atom stereocenters. The third-order valence-corrected chi connectivity index (χ3v) is 4.34. The second kappa shape index (κ2) is 12.5. The molecule has 0 N–H and O–H groups in total. The van der Waals surface area contributed by atoms with Crippen LogP contribution in [-0.2, 0) is 9.36 Å². The number of hydrogen-bond acceptors (Lipinski definition) is 2. The van der Waals surface area contributed by atoms with E-state index in [0.717, 1.165) is 5.30 Å². The highest BCUT2D eigenvalue weighted by atomic mass is 31.2. The van der Waals surface area contributed by atoms with Crippen LogP contribution in [0.1, 0.15) is 55.4 Å². The Balaban J connectivity index is -0.000000351. The largest absolute Gasteiger partial charge is 0.402 e. The molecule has 0 spiro atoms. The number of carbonyl (C=O) groups excluding carboxylic acids is 1. The second-order valence-electron chi connectivity index (χ2n) is 9.22. The van der Waals surface area contributed by atoms with Crippen LogP contribution < -0.4 is 5.30 Å². The zero-order valence-electron chi connectivity index (χ0n) is 19.4. The molecule has 0 fully saturated rings. The average Bonchev–Trinajstić information content (AvgIpc) is 2.43. The molecule has 0 amide bonds. The summed E-state index contributed by atoms with van der Waals surface area (Å²) in [4.78, 5) is 9.44. The molecular weight excluding hydrogens is 429 g/mol. The van der Waals surface area contributed by atoms with Gasteiger partial charge in [-0.3, -0.25) is 0 Å². The lowest BCUT2D eigenvalue weighted by Crippen LogP contribution is -2.44. The lowest BCUT2D eigenvalue weighted by atomic mass is 9.92. The summed E-state index contributed by atoms with van der Waals surface area (Å²) in [5, 5.41) is 0.954. The van der Waals surface area contributed by atoms with E-state index in [9.17, 15) is 35.7 Å². The molecule has 0 aliphatic rings. The van der Waals surface area contributed by atoms with E-state index in [1.807, 2.05) is 30.3 Å². The maximum absolute atomic E-state index is 11.6. The Morgan fingerprint density at radius 1 is 0.733 bits per heavy atom. The first-order chi connectivity index (χ1) is 12.8. The molecule has 9 heteroatoms. The van der Waals surface area contributed by atoms with Gasteiger partial charge in [-0.2, -0.15) is 26.3 Å². The molecule has 0 unspecified atom stereocenters. The van der Waals surface area contributed by atoms with Gasteiger partial charge in [0.05, 0.1) is 0 Å². The zero-order valence-corrected chi connectivity index (χ0v) is 20.3. The van der Waals surface area contributed by atoms with Crippen LogP contribution in [0.15, 0.2) is 30.3 Å². The van der Waals surface area contributed by atoms with Gasteiger partial charge in [0, 0.05) is 5.30 Å². The van der Waals surface area contributed by atoms with Crippen LogP contribution in [0.5, 0.6) is 0 Å². The summed E-state index contributed by atoms with van der Waals surface area (Å²) in [7, 11) is -2.02. The van der Waals surface area contributed by atoms with Gasteiger partial charge in [0.2, 0.25) is 0 Å². The third kappa shape index (κ3) is 18.7. The monoisotopic (exact) mass is 464 g/mol. The van der Waals surface area contributed by atoms with Crippen molar-refractivity contribution in [1.29, 1.82) is 0 Å². The van der Waals surface area contributed by atoms with E-state index in [2.05, 4.69) is 27.7 Å². The summed E-state index contributed by atoms with van der Waals surface area (Å²) in [5.41, 5.74) is -3.12. The molecule has 0 saturated heterocycles. The molecule has 1 rings (SSSR count). The normalized spacial score (nSPS) is 12.3. The maximum Gasteiger partial charge on any atom is 0.402 e. The fraction of sp³-hybridized carbons (Fsp3) is 0.667. The Bertz CT molecular complexity index is 625. The Morgan fingerprint density at radius 3 is 1.07 bits per heavy atom. The van der Waals surface area contributed by atoms with Gasteiger partial charge in [-0.05, 0) is 46.4 Å². The minimum atomic E-state index is -5.24. The highest BCUT2D eigenvalue weighted by Crippen LogP contribution is 2.49. The van der Waals surface area contributed by atoms with E-state index in [1.165, 1.54) is 13.8 Å². The van der Waals surface area contributed by atoms with Crippen molar-refractivity contribution in [2.75, 3.05) is 13.3 Å². The van der Waals surface area contributed by atoms with Crippen molar-refractivity contribution in [2.24, 2.45) is 10.8 Å². The summed E-state index contributed by atoms with van der Waals surface area (Å²) >= 11 is 0. The molecule has 0 aliphatic carbocycles. The fourth-order valence-electron chi connectivity index (χ4n) is 0.948. The Labute approximate surface area is 176 Å². The van der Waals surface area contributed by atoms with Crippen molar-refractivity contribution in [3.8, 4) is 0 Å². The summed E-state index contributed by atoms with van der Waals surface area (Å²) in [5.74, 6) is 0.167.